The molecule has 27 heavy (non-hydrogen) atoms. The van der Waals surface area contributed by atoms with E-state index in [9.17, 15) is 0 Å². The summed E-state index contributed by atoms with van der Waals surface area (Å²) in [6.45, 7) is 10.1. The van der Waals surface area contributed by atoms with Crippen molar-refractivity contribution in [1.82, 2.24) is 15.1 Å². The quantitative estimate of drug-likeness (QED) is 0.368. The summed E-state index contributed by atoms with van der Waals surface area (Å²) < 4.78 is 0. The molecule has 1 aromatic rings. The molecule has 1 aromatic heterocycles. The molecule has 0 radical (unpaired) electrons. The van der Waals surface area contributed by atoms with E-state index in [0.29, 0.717) is 11.3 Å². The minimum absolute atomic E-state index is 0. The van der Waals surface area contributed by atoms with Gasteiger partial charge < -0.3 is 10.2 Å². The molecule has 152 valence electrons. The highest BCUT2D eigenvalue weighted by molar-refractivity contribution is 14.0. The summed E-state index contributed by atoms with van der Waals surface area (Å²) in [7, 11) is 0. The Bertz CT molecular complexity index is 599. The van der Waals surface area contributed by atoms with Crippen molar-refractivity contribution >= 4 is 41.3 Å². The van der Waals surface area contributed by atoms with E-state index in [2.05, 4.69) is 39.6 Å². The highest BCUT2D eigenvalue weighted by atomic mass is 127. The number of nitrogens with zero attached hydrogens (tertiary/aromatic N) is 3. The van der Waals surface area contributed by atoms with Gasteiger partial charge in [-0.15, -0.1) is 35.3 Å². The Hall–Kier alpha value is -0.340. The second-order valence-corrected chi connectivity index (χ2v) is 9.57. The summed E-state index contributed by atoms with van der Waals surface area (Å²) in [5.41, 5.74) is 0.637. The van der Waals surface area contributed by atoms with Crippen LogP contribution in [0.2, 0.25) is 0 Å². The lowest BCUT2D eigenvalue weighted by Crippen LogP contribution is -2.43. The molecule has 2 aliphatic heterocycles. The Labute approximate surface area is 185 Å². The number of aliphatic imine (C=N–C) groups is 1. The van der Waals surface area contributed by atoms with Crippen LogP contribution >= 0.6 is 35.3 Å². The fourth-order valence-corrected chi connectivity index (χ4v) is 5.66. The van der Waals surface area contributed by atoms with E-state index < -0.39 is 0 Å². The van der Waals surface area contributed by atoms with Gasteiger partial charge in [-0.25, -0.2) is 0 Å². The molecule has 0 amide bonds. The zero-order chi connectivity index (χ0) is 17.8. The molecular weight excluding hydrogens is 467 g/mol. The molecule has 4 nitrogen and oxygen atoms in total. The van der Waals surface area contributed by atoms with Gasteiger partial charge >= 0.3 is 0 Å². The van der Waals surface area contributed by atoms with Crippen LogP contribution in [-0.4, -0.2) is 55.0 Å². The summed E-state index contributed by atoms with van der Waals surface area (Å²) in [6.07, 6.45) is 8.31. The summed E-state index contributed by atoms with van der Waals surface area (Å²) in [6, 6.07) is 4.43. The van der Waals surface area contributed by atoms with Crippen LogP contribution in [0.3, 0.4) is 0 Å². The lowest BCUT2D eigenvalue weighted by atomic mass is 9.68. The van der Waals surface area contributed by atoms with Gasteiger partial charge in [0.05, 0.1) is 0 Å². The largest absolute Gasteiger partial charge is 0.357 e. The predicted molar refractivity (Wildman–Crippen MR) is 126 cm³/mol. The van der Waals surface area contributed by atoms with Crippen LogP contribution in [0, 0.1) is 11.3 Å². The highest BCUT2D eigenvalue weighted by Gasteiger charge is 2.43. The van der Waals surface area contributed by atoms with E-state index >= 15 is 0 Å². The lowest BCUT2D eigenvalue weighted by Gasteiger charge is -2.38. The van der Waals surface area contributed by atoms with Crippen molar-refractivity contribution in [2.24, 2.45) is 16.3 Å². The molecule has 1 aliphatic carbocycles. The van der Waals surface area contributed by atoms with Gasteiger partial charge in [-0.05, 0) is 68.4 Å². The molecule has 0 bridgehead atoms. The zero-order valence-corrected chi connectivity index (χ0v) is 19.8. The minimum Gasteiger partial charge on any atom is -0.357 e. The molecule has 0 aromatic carbocycles. The number of hydrogen-bond donors (Lipinski definition) is 1. The first kappa shape index (κ1) is 21.4. The maximum absolute atomic E-state index is 5.08. The third-order valence-corrected chi connectivity index (χ3v) is 7.41. The summed E-state index contributed by atoms with van der Waals surface area (Å²) in [5, 5.41) is 5.75. The van der Waals surface area contributed by atoms with Crippen molar-refractivity contribution in [2.45, 2.75) is 52.0 Å². The van der Waals surface area contributed by atoms with Crippen molar-refractivity contribution in [3.05, 3.63) is 22.4 Å². The average molecular weight is 503 g/mol. The van der Waals surface area contributed by atoms with Gasteiger partial charge in [-0.1, -0.05) is 12.5 Å². The number of thiophene rings is 1. The molecule has 1 atom stereocenters. The van der Waals surface area contributed by atoms with Gasteiger partial charge in [0.2, 0.25) is 0 Å². The van der Waals surface area contributed by atoms with Gasteiger partial charge in [0, 0.05) is 44.1 Å². The summed E-state index contributed by atoms with van der Waals surface area (Å²) in [4.78, 5) is 11.7. The molecule has 2 saturated heterocycles. The van der Waals surface area contributed by atoms with Crippen LogP contribution < -0.4 is 5.32 Å². The maximum atomic E-state index is 5.08. The number of halogens is 1. The number of hydrogen-bond acceptors (Lipinski definition) is 3. The first-order chi connectivity index (χ1) is 12.8. The molecule has 1 unspecified atom stereocenters. The maximum Gasteiger partial charge on any atom is 0.193 e. The fourth-order valence-electron chi connectivity index (χ4n) is 4.91. The van der Waals surface area contributed by atoms with E-state index in [-0.39, 0.29) is 24.0 Å². The van der Waals surface area contributed by atoms with Crippen LogP contribution in [0.15, 0.2) is 22.5 Å². The zero-order valence-electron chi connectivity index (χ0n) is 16.7. The Balaban J connectivity index is 0.00000210. The van der Waals surface area contributed by atoms with Crippen LogP contribution in [0.1, 0.15) is 50.3 Å². The van der Waals surface area contributed by atoms with Crippen LogP contribution in [0.25, 0.3) is 0 Å². The summed E-state index contributed by atoms with van der Waals surface area (Å²) >= 11 is 1.88. The van der Waals surface area contributed by atoms with Crippen LogP contribution in [0.5, 0.6) is 0 Å². The van der Waals surface area contributed by atoms with Crippen molar-refractivity contribution in [2.75, 3.05) is 39.3 Å². The van der Waals surface area contributed by atoms with Gasteiger partial charge in [-0.3, -0.25) is 9.89 Å². The topological polar surface area (TPSA) is 30.9 Å². The second kappa shape index (κ2) is 9.92. The fraction of sp³-hybridized carbons (Fsp3) is 0.762. The molecule has 3 fully saturated rings. The summed E-state index contributed by atoms with van der Waals surface area (Å²) in [5.74, 6) is 1.88. The highest BCUT2D eigenvalue weighted by Crippen LogP contribution is 2.47. The molecule has 1 spiro atoms. The van der Waals surface area contributed by atoms with Crippen molar-refractivity contribution in [3.63, 3.8) is 0 Å². The molecule has 6 heteroatoms. The molecule has 1 N–H and O–H groups in total. The van der Waals surface area contributed by atoms with Crippen LogP contribution in [-0.2, 0) is 6.54 Å². The van der Waals surface area contributed by atoms with E-state index in [4.69, 9.17) is 4.99 Å². The van der Waals surface area contributed by atoms with Gasteiger partial charge in [0.1, 0.15) is 0 Å². The van der Waals surface area contributed by atoms with E-state index in [1.165, 1.54) is 75.5 Å². The van der Waals surface area contributed by atoms with E-state index in [1.807, 2.05) is 11.3 Å². The third kappa shape index (κ3) is 5.38. The molecule has 4 rings (SSSR count). The molecular formula is C21H35IN4S. The van der Waals surface area contributed by atoms with Crippen molar-refractivity contribution in [1.29, 1.82) is 0 Å². The van der Waals surface area contributed by atoms with Crippen molar-refractivity contribution < 1.29 is 0 Å². The van der Waals surface area contributed by atoms with Gasteiger partial charge in [0.25, 0.3) is 0 Å². The van der Waals surface area contributed by atoms with E-state index in [0.717, 1.165) is 19.6 Å². The normalized spacial score (nSPS) is 25.3. The first-order valence-electron chi connectivity index (χ1n) is 10.5. The Morgan fingerprint density at radius 2 is 2.19 bits per heavy atom. The second-order valence-electron chi connectivity index (χ2n) is 8.54. The van der Waals surface area contributed by atoms with Crippen LogP contribution in [0.4, 0.5) is 0 Å². The Kier molecular flexibility index (Phi) is 7.85. The Morgan fingerprint density at radius 1 is 1.30 bits per heavy atom. The van der Waals surface area contributed by atoms with Gasteiger partial charge in [0.15, 0.2) is 5.96 Å². The molecule has 3 aliphatic rings. The number of guanidine groups is 1. The average Bonchev–Trinajstić information content (AvgIpc) is 3.28. The first-order valence-corrected chi connectivity index (χ1v) is 11.4. The monoisotopic (exact) mass is 502 g/mol. The van der Waals surface area contributed by atoms with Gasteiger partial charge in [-0.2, -0.15) is 0 Å². The Morgan fingerprint density at radius 3 is 2.85 bits per heavy atom. The minimum atomic E-state index is 0. The number of piperidine rings is 1. The standard InChI is InChI=1S/C21H34N4S.HI/c1-2-22-20(25-12-10-21(17-25)8-5-9-21)23-14-18-6-3-11-24(15-18)16-19-7-4-13-26-19;/h4,7,13,18H,2-3,5-6,8-12,14-17H2,1H3,(H,22,23);1H. The molecule has 3 heterocycles. The van der Waals surface area contributed by atoms with Crippen molar-refractivity contribution in [3.8, 4) is 0 Å². The molecule has 1 saturated carbocycles. The third-order valence-electron chi connectivity index (χ3n) is 6.55. The predicted octanol–water partition coefficient (Wildman–Crippen LogP) is 4.42. The lowest BCUT2D eigenvalue weighted by molar-refractivity contribution is 0.151. The number of nitrogens with one attached hydrogen (secondary N) is 1. The van der Waals surface area contributed by atoms with E-state index in [1.54, 1.807) is 0 Å². The SMILES string of the molecule is CCNC(=NCC1CCCN(Cc2cccs2)C1)N1CCC2(CCC2)C1.I. The number of rotatable bonds is 5. The smallest absolute Gasteiger partial charge is 0.193 e. The number of likely N-dealkylation sites (tertiary alicyclic amines) is 2.